The van der Waals surface area contributed by atoms with Crippen LogP contribution in [0, 0.1) is 0 Å². The molecule has 1 aliphatic heterocycles. The third kappa shape index (κ3) is 5.75. The van der Waals surface area contributed by atoms with Gasteiger partial charge in [0.1, 0.15) is 0 Å². The van der Waals surface area contributed by atoms with Gasteiger partial charge in [-0.05, 0) is 24.6 Å². The van der Waals surface area contributed by atoms with Gasteiger partial charge in [-0.1, -0.05) is 41.6 Å². The molecule has 1 aromatic heterocycles. The molecule has 0 amide bonds. The molecule has 0 atom stereocenters. The van der Waals surface area contributed by atoms with Gasteiger partial charge in [-0.25, -0.2) is 9.59 Å². The quantitative estimate of drug-likeness (QED) is 0.711. The largest absolute Gasteiger partial charge is 0.473 e. The van der Waals surface area contributed by atoms with Crippen LogP contribution >= 0.6 is 0 Å². The number of carboxylic acids is 2. The van der Waals surface area contributed by atoms with Gasteiger partial charge in [0.25, 0.3) is 0 Å². The van der Waals surface area contributed by atoms with Crippen LogP contribution in [-0.2, 0) is 16.1 Å². The van der Waals surface area contributed by atoms with E-state index in [0.717, 1.165) is 37.5 Å². The van der Waals surface area contributed by atoms with Crippen molar-refractivity contribution in [3.05, 3.63) is 53.7 Å². The lowest BCUT2D eigenvalue weighted by atomic mass is 10.0. The van der Waals surface area contributed by atoms with Crippen LogP contribution in [0.1, 0.15) is 17.5 Å². The second kappa shape index (κ2) is 9.38. The lowest BCUT2D eigenvalue weighted by Crippen LogP contribution is -2.25. The lowest BCUT2D eigenvalue weighted by molar-refractivity contribution is -0.159. The van der Waals surface area contributed by atoms with E-state index in [0.29, 0.717) is 0 Å². The Morgan fingerprint density at radius 3 is 2.54 bits per heavy atom. The van der Waals surface area contributed by atoms with Gasteiger partial charge in [0.2, 0.25) is 5.88 Å². The lowest BCUT2D eigenvalue weighted by Gasteiger charge is -2.22. The van der Waals surface area contributed by atoms with Gasteiger partial charge in [0, 0.05) is 19.6 Å². The number of carbonyl (C=O) groups is 2. The summed E-state index contributed by atoms with van der Waals surface area (Å²) in [5.41, 5.74) is 3.59. The number of hydrogen-bond acceptors (Lipinski definition) is 6. The van der Waals surface area contributed by atoms with Crippen LogP contribution in [0.2, 0.25) is 0 Å². The summed E-state index contributed by atoms with van der Waals surface area (Å²) in [5, 5.41) is 22.1. The van der Waals surface area contributed by atoms with Gasteiger partial charge < -0.3 is 25.0 Å². The van der Waals surface area contributed by atoms with E-state index >= 15 is 0 Å². The highest BCUT2D eigenvalue weighted by molar-refractivity contribution is 6.27. The van der Waals surface area contributed by atoms with Gasteiger partial charge in [-0.3, -0.25) is 0 Å². The second-order valence-electron chi connectivity index (χ2n) is 5.77. The number of carboxylic acid groups (broad SMARTS) is 2. The molecule has 1 aliphatic rings. The molecular formula is C18H21N3O5. The van der Waals surface area contributed by atoms with Crippen molar-refractivity contribution in [3.63, 3.8) is 0 Å². The van der Waals surface area contributed by atoms with E-state index in [1.807, 2.05) is 18.2 Å². The Bertz CT molecular complexity index is 758. The molecule has 0 radical (unpaired) electrons. The Kier molecular flexibility index (Phi) is 6.92. The zero-order chi connectivity index (χ0) is 18.9. The van der Waals surface area contributed by atoms with Crippen LogP contribution in [0.5, 0.6) is 0 Å². The number of rotatable bonds is 4. The van der Waals surface area contributed by atoms with Crippen molar-refractivity contribution in [2.45, 2.75) is 13.0 Å². The highest BCUT2D eigenvalue weighted by atomic mass is 16.5. The summed E-state index contributed by atoms with van der Waals surface area (Å²) < 4.78 is 5.35. The Morgan fingerprint density at radius 2 is 1.92 bits per heavy atom. The predicted octanol–water partition coefficient (Wildman–Crippen LogP) is 2.16. The molecule has 0 fully saturated rings. The van der Waals surface area contributed by atoms with Crippen LogP contribution in [0.25, 0.3) is 5.57 Å². The fourth-order valence-corrected chi connectivity index (χ4v) is 2.46. The molecule has 26 heavy (non-hydrogen) atoms. The van der Waals surface area contributed by atoms with E-state index in [-0.39, 0.29) is 0 Å². The average molecular weight is 359 g/mol. The molecule has 0 bridgehead atoms. The first-order chi connectivity index (χ1) is 12.5. The van der Waals surface area contributed by atoms with Crippen LogP contribution < -0.4 is 5.32 Å². The maximum Gasteiger partial charge on any atom is 0.414 e. The van der Waals surface area contributed by atoms with Crippen LogP contribution in [0.3, 0.4) is 0 Å². The number of aromatic nitrogens is 1. The van der Waals surface area contributed by atoms with Gasteiger partial charge >= 0.3 is 11.9 Å². The van der Waals surface area contributed by atoms with E-state index in [1.165, 1.54) is 11.1 Å². The number of anilines is 1. The second-order valence-corrected chi connectivity index (χ2v) is 5.77. The number of hydrogen-bond donors (Lipinski definition) is 3. The minimum absolute atomic E-state index is 0.742. The maximum absolute atomic E-state index is 9.10. The van der Waals surface area contributed by atoms with E-state index in [9.17, 15) is 0 Å². The Balaban J connectivity index is 0.000000352. The Labute approximate surface area is 150 Å². The summed E-state index contributed by atoms with van der Waals surface area (Å²) >= 11 is 0. The number of nitrogens with one attached hydrogen (secondary N) is 1. The van der Waals surface area contributed by atoms with Gasteiger partial charge in [-0.2, -0.15) is 0 Å². The summed E-state index contributed by atoms with van der Waals surface area (Å²) in [4.78, 5) is 20.5. The summed E-state index contributed by atoms with van der Waals surface area (Å²) in [6.45, 7) is 2.80. The van der Waals surface area contributed by atoms with Crippen molar-refractivity contribution in [1.29, 1.82) is 0 Å². The number of benzene rings is 1. The molecule has 1 aromatic carbocycles. The van der Waals surface area contributed by atoms with E-state index in [4.69, 9.17) is 24.3 Å². The molecule has 8 nitrogen and oxygen atoms in total. The van der Waals surface area contributed by atoms with Crippen molar-refractivity contribution in [2.24, 2.45) is 0 Å². The number of aliphatic carboxylic acids is 2. The van der Waals surface area contributed by atoms with E-state index in [2.05, 4.69) is 40.6 Å². The van der Waals surface area contributed by atoms with Crippen molar-refractivity contribution in [1.82, 2.24) is 10.1 Å². The Hall–Kier alpha value is -3.13. The third-order valence-electron chi connectivity index (χ3n) is 3.74. The van der Waals surface area contributed by atoms with Gasteiger partial charge in [-0.15, -0.1) is 0 Å². The third-order valence-corrected chi connectivity index (χ3v) is 3.74. The van der Waals surface area contributed by atoms with Crippen LogP contribution in [0.15, 0.2) is 47.1 Å². The first-order valence-electron chi connectivity index (χ1n) is 8.04. The molecule has 8 heteroatoms. The SMILES string of the molecule is CN1CCC=C(c2cnoc2NCc2ccccc2)C1.O=C(O)C(=O)O. The topological polar surface area (TPSA) is 116 Å². The molecule has 0 spiro atoms. The molecular weight excluding hydrogens is 338 g/mol. The van der Waals surface area contributed by atoms with Crippen molar-refractivity contribution in [3.8, 4) is 0 Å². The maximum atomic E-state index is 9.10. The van der Waals surface area contributed by atoms with Gasteiger partial charge in [0.15, 0.2) is 0 Å². The molecule has 2 aromatic rings. The first-order valence-corrected chi connectivity index (χ1v) is 8.04. The molecule has 0 unspecified atom stereocenters. The summed E-state index contributed by atoms with van der Waals surface area (Å²) in [6, 6.07) is 10.3. The molecule has 3 N–H and O–H groups in total. The van der Waals surface area contributed by atoms with Gasteiger partial charge in [0.05, 0.1) is 11.8 Å². The highest BCUT2D eigenvalue weighted by Crippen LogP contribution is 2.27. The molecule has 0 saturated heterocycles. The van der Waals surface area contributed by atoms with Crippen LogP contribution in [-0.4, -0.2) is 52.3 Å². The highest BCUT2D eigenvalue weighted by Gasteiger charge is 2.16. The van der Waals surface area contributed by atoms with E-state index < -0.39 is 11.9 Å². The first kappa shape index (κ1) is 19.2. The summed E-state index contributed by atoms with van der Waals surface area (Å²) in [6.07, 6.45) is 5.16. The normalized spacial score (nSPS) is 14.0. The Morgan fingerprint density at radius 1 is 1.23 bits per heavy atom. The predicted molar refractivity (Wildman–Crippen MR) is 95.6 cm³/mol. The van der Waals surface area contributed by atoms with E-state index in [1.54, 1.807) is 6.20 Å². The fourth-order valence-electron chi connectivity index (χ4n) is 2.46. The zero-order valence-corrected chi connectivity index (χ0v) is 14.4. The minimum Gasteiger partial charge on any atom is -0.473 e. The number of likely N-dealkylation sites (N-methyl/N-ethyl adjacent to an activating group) is 1. The molecule has 3 rings (SSSR count). The standard InChI is InChI=1S/C16H19N3O.C2H2O4/c1-19-9-5-8-14(12-19)15-11-18-20-16(15)17-10-13-6-3-2-4-7-13;3-1(4)2(5)6/h2-4,6-8,11,17H,5,9-10,12H2,1H3;(H,3,4)(H,5,6). The molecule has 0 saturated carbocycles. The minimum atomic E-state index is -1.82. The molecule has 138 valence electrons. The zero-order valence-electron chi connectivity index (χ0n) is 14.4. The summed E-state index contributed by atoms with van der Waals surface area (Å²) in [5.74, 6) is -2.89. The smallest absolute Gasteiger partial charge is 0.414 e. The molecule has 2 heterocycles. The van der Waals surface area contributed by atoms with Crippen molar-refractivity contribution >= 4 is 23.4 Å². The average Bonchev–Trinajstić information content (AvgIpc) is 3.10. The monoisotopic (exact) mass is 359 g/mol. The summed E-state index contributed by atoms with van der Waals surface area (Å²) in [7, 11) is 2.14. The fraction of sp³-hybridized carbons (Fsp3) is 0.278. The van der Waals surface area contributed by atoms with Crippen molar-refractivity contribution < 1.29 is 24.3 Å². The number of nitrogens with zero attached hydrogens (tertiary/aromatic N) is 2. The molecule has 0 aliphatic carbocycles. The van der Waals surface area contributed by atoms with Crippen molar-refractivity contribution in [2.75, 3.05) is 25.5 Å². The van der Waals surface area contributed by atoms with Crippen LogP contribution in [0.4, 0.5) is 5.88 Å².